The Morgan fingerprint density at radius 2 is 2.37 bits per heavy atom. The second kappa shape index (κ2) is 5.46. The number of hydrogen-bond donors (Lipinski definition) is 1. The molecule has 3 heterocycles. The lowest BCUT2D eigenvalue weighted by Crippen LogP contribution is -2.28. The molecule has 0 bridgehead atoms. The van der Waals surface area contributed by atoms with Crippen LogP contribution in [0.3, 0.4) is 0 Å². The SMILES string of the molecule is COC(=O)c1nc(C2CCCS2)nc2c1CCNC2. The number of nitrogens with one attached hydrogen (secondary N) is 1. The number of hydrogen-bond acceptors (Lipinski definition) is 6. The average molecular weight is 279 g/mol. The van der Waals surface area contributed by atoms with Gasteiger partial charge in [-0.1, -0.05) is 0 Å². The summed E-state index contributed by atoms with van der Waals surface area (Å²) in [4.78, 5) is 21.1. The number of esters is 1. The fourth-order valence-corrected chi connectivity index (χ4v) is 3.78. The van der Waals surface area contributed by atoms with E-state index in [-0.39, 0.29) is 5.97 Å². The molecule has 1 atom stereocenters. The van der Waals surface area contributed by atoms with Crippen LogP contribution in [0.1, 0.15) is 45.7 Å². The molecule has 0 aliphatic carbocycles. The fraction of sp³-hybridized carbons (Fsp3) is 0.615. The monoisotopic (exact) mass is 279 g/mol. The minimum atomic E-state index is -0.343. The standard InChI is InChI=1S/C13H17N3O2S/c1-18-13(17)11-8-4-5-14-7-9(8)15-12(16-11)10-3-2-6-19-10/h10,14H,2-7H2,1H3. The third-order valence-corrected chi connectivity index (χ3v) is 4.92. The second-order valence-electron chi connectivity index (χ2n) is 4.78. The van der Waals surface area contributed by atoms with Crippen molar-refractivity contribution in [1.82, 2.24) is 15.3 Å². The number of aromatic nitrogens is 2. The van der Waals surface area contributed by atoms with E-state index in [0.29, 0.717) is 17.5 Å². The first-order valence-corrected chi connectivity index (χ1v) is 7.65. The normalized spacial score (nSPS) is 22.1. The van der Waals surface area contributed by atoms with E-state index in [1.54, 1.807) is 0 Å². The molecular weight excluding hydrogens is 262 g/mol. The molecule has 1 unspecified atom stereocenters. The summed E-state index contributed by atoms with van der Waals surface area (Å²) >= 11 is 1.88. The summed E-state index contributed by atoms with van der Waals surface area (Å²) < 4.78 is 4.86. The predicted molar refractivity (Wildman–Crippen MR) is 73.2 cm³/mol. The average Bonchev–Trinajstić information content (AvgIpc) is 2.99. The molecule has 2 aliphatic heterocycles. The zero-order chi connectivity index (χ0) is 13.2. The number of methoxy groups -OCH3 is 1. The van der Waals surface area contributed by atoms with Gasteiger partial charge < -0.3 is 10.1 Å². The molecule has 102 valence electrons. The molecule has 1 saturated heterocycles. The van der Waals surface area contributed by atoms with Gasteiger partial charge in [0.15, 0.2) is 5.69 Å². The van der Waals surface area contributed by atoms with Crippen LogP contribution in [0.2, 0.25) is 0 Å². The van der Waals surface area contributed by atoms with E-state index >= 15 is 0 Å². The van der Waals surface area contributed by atoms with Crippen molar-refractivity contribution in [3.8, 4) is 0 Å². The molecule has 0 aromatic carbocycles. The lowest BCUT2D eigenvalue weighted by molar-refractivity contribution is 0.0591. The maximum Gasteiger partial charge on any atom is 0.357 e. The molecule has 1 aromatic heterocycles. The zero-order valence-electron chi connectivity index (χ0n) is 10.9. The summed E-state index contributed by atoms with van der Waals surface area (Å²) in [7, 11) is 1.40. The Bertz CT molecular complexity index is 501. The van der Waals surface area contributed by atoms with Crippen LogP contribution >= 0.6 is 11.8 Å². The number of carbonyl (C=O) groups is 1. The van der Waals surface area contributed by atoms with Crippen molar-refractivity contribution in [3.05, 3.63) is 22.8 Å². The Morgan fingerprint density at radius 3 is 3.11 bits per heavy atom. The van der Waals surface area contributed by atoms with Gasteiger partial charge in [0.25, 0.3) is 0 Å². The highest BCUT2D eigenvalue weighted by Gasteiger charge is 2.27. The summed E-state index contributed by atoms with van der Waals surface area (Å²) in [5.41, 5.74) is 2.39. The van der Waals surface area contributed by atoms with Crippen molar-refractivity contribution in [2.24, 2.45) is 0 Å². The van der Waals surface area contributed by atoms with Crippen molar-refractivity contribution in [2.45, 2.75) is 31.1 Å². The van der Waals surface area contributed by atoms with Crippen LogP contribution in [0, 0.1) is 0 Å². The molecule has 0 amide bonds. The number of nitrogens with zero attached hydrogens (tertiary/aromatic N) is 2. The minimum absolute atomic E-state index is 0.329. The lowest BCUT2D eigenvalue weighted by Gasteiger charge is -2.20. The molecule has 5 nitrogen and oxygen atoms in total. The highest BCUT2D eigenvalue weighted by Crippen LogP contribution is 2.38. The van der Waals surface area contributed by atoms with Crippen LogP contribution < -0.4 is 5.32 Å². The number of carbonyl (C=O) groups excluding carboxylic acids is 1. The predicted octanol–water partition coefficient (Wildman–Crippen LogP) is 1.48. The quantitative estimate of drug-likeness (QED) is 0.827. The van der Waals surface area contributed by atoms with Crippen LogP contribution in [-0.4, -0.2) is 35.3 Å². The highest BCUT2D eigenvalue weighted by atomic mass is 32.2. The number of ether oxygens (including phenoxy) is 1. The number of thioether (sulfide) groups is 1. The minimum Gasteiger partial charge on any atom is -0.464 e. The first-order valence-electron chi connectivity index (χ1n) is 6.60. The summed E-state index contributed by atoms with van der Waals surface area (Å²) in [5, 5.41) is 3.62. The first kappa shape index (κ1) is 12.9. The maximum absolute atomic E-state index is 11.9. The van der Waals surface area contributed by atoms with Gasteiger partial charge in [0.05, 0.1) is 18.1 Å². The summed E-state index contributed by atoms with van der Waals surface area (Å²) in [6, 6.07) is 0. The van der Waals surface area contributed by atoms with Crippen LogP contribution in [0.5, 0.6) is 0 Å². The van der Waals surface area contributed by atoms with Gasteiger partial charge in [-0.25, -0.2) is 14.8 Å². The Kier molecular flexibility index (Phi) is 3.70. The third-order valence-electron chi connectivity index (χ3n) is 3.55. The summed E-state index contributed by atoms with van der Waals surface area (Å²) in [6.45, 7) is 1.57. The van der Waals surface area contributed by atoms with Crippen molar-refractivity contribution >= 4 is 17.7 Å². The molecule has 1 aromatic rings. The molecule has 19 heavy (non-hydrogen) atoms. The van der Waals surface area contributed by atoms with Gasteiger partial charge in [0, 0.05) is 12.1 Å². The van der Waals surface area contributed by atoms with E-state index in [1.165, 1.54) is 13.5 Å². The molecule has 1 N–H and O–H groups in total. The summed E-state index contributed by atoms with van der Waals surface area (Å²) in [6.07, 6.45) is 3.08. The Labute approximate surface area is 116 Å². The van der Waals surface area contributed by atoms with Crippen LogP contribution in [0.15, 0.2) is 0 Å². The van der Waals surface area contributed by atoms with E-state index in [4.69, 9.17) is 4.74 Å². The van der Waals surface area contributed by atoms with Gasteiger partial charge in [-0.3, -0.25) is 0 Å². The number of rotatable bonds is 2. The lowest BCUT2D eigenvalue weighted by atomic mass is 10.0. The Morgan fingerprint density at radius 1 is 1.47 bits per heavy atom. The maximum atomic E-state index is 11.9. The second-order valence-corrected chi connectivity index (χ2v) is 6.09. The van der Waals surface area contributed by atoms with E-state index < -0.39 is 0 Å². The molecule has 0 radical (unpaired) electrons. The van der Waals surface area contributed by atoms with Crippen LogP contribution in [0.4, 0.5) is 0 Å². The Hall–Kier alpha value is -1.14. The van der Waals surface area contributed by atoms with Crippen molar-refractivity contribution in [1.29, 1.82) is 0 Å². The van der Waals surface area contributed by atoms with Gasteiger partial charge in [0.1, 0.15) is 5.82 Å². The van der Waals surface area contributed by atoms with Crippen molar-refractivity contribution in [2.75, 3.05) is 19.4 Å². The van der Waals surface area contributed by atoms with Crippen LogP contribution in [0.25, 0.3) is 0 Å². The van der Waals surface area contributed by atoms with E-state index in [2.05, 4.69) is 15.3 Å². The van der Waals surface area contributed by atoms with Gasteiger partial charge in [-0.2, -0.15) is 11.8 Å². The van der Waals surface area contributed by atoms with Gasteiger partial charge in [-0.05, 0) is 31.6 Å². The largest absolute Gasteiger partial charge is 0.464 e. The van der Waals surface area contributed by atoms with Gasteiger partial charge in [-0.15, -0.1) is 0 Å². The topological polar surface area (TPSA) is 64.1 Å². The van der Waals surface area contributed by atoms with E-state index in [1.807, 2.05) is 11.8 Å². The van der Waals surface area contributed by atoms with E-state index in [9.17, 15) is 4.79 Å². The van der Waals surface area contributed by atoms with Gasteiger partial charge in [0.2, 0.25) is 0 Å². The fourth-order valence-electron chi connectivity index (χ4n) is 2.57. The molecule has 0 saturated carbocycles. The van der Waals surface area contributed by atoms with E-state index in [0.717, 1.165) is 42.2 Å². The third kappa shape index (κ3) is 2.47. The molecule has 0 spiro atoms. The first-order chi connectivity index (χ1) is 9.29. The molecule has 6 heteroatoms. The number of fused-ring (bicyclic) bond motifs is 1. The zero-order valence-corrected chi connectivity index (χ0v) is 11.8. The summed E-state index contributed by atoms with van der Waals surface area (Å²) in [5.74, 6) is 1.60. The molecule has 1 fully saturated rings. The Balaban J connectivity index is 2.04. The molecule has 3 rings (SSSR count). The van der Waals surface area contributed by atoms with Crippen LogP contribution in [-0.2, 0) is 17.7 Å². The van der Waals surface area contributed by atoms with Crippen molar-refractivity contribution in [3.63, 3.8) is 0 Å². The molecular formula is C13H17N3O2S. The van der Waals surface area contributed by atoms with Crippen molar-refractivity contribution < 1.29 is 9.53 Å². The smallest absolute Gasteiger partial charge is 0.357 e. The highest BCUT2D eigenvalue weighted by molar-refractivity contribution is 7.99. The molecule has 2 aliphatic rings. The van der Waals surface area contributed by atoms with Gasteiger partial charge >= 0.3 is 5.97 Å².